The number of carbonyl (C=O) groups excluding carboxylic acids is 2. The molecule has 8 nitrogen and oxygen atoms in total. The van der Waals surface area contributed by atoms with Gasteiger partial charge in [-0.15, -0.1) is 0 Å². The highest BCUT2D eigenvalue weighted by Gasteiger charge is 2.23. The summed E-state index contributed by atoms with van der Waals surface area (Å²) in [7, 11) is 0. The maximum Gasteiger partial charge on any atom is 0.255 e. The van der Waals surface area contributed by atoms with Gasteiger partial charge in [0.05, 0.1) is 5.56 Å². The standard InChI is InChI=1S/C20H24N6O2/c27-16-23-7-9-26(10-8-23)20(28)17-4-5-19(22-15-17)25-13-11-24(12-14-25)18-3-1-2-6-21-18/h1-6,15-16H,7-14H2. The van der Waals surface area contributed by atoms with Crippen molar-refractivity contribution < 1.29 is 9.59 Å². The first-order valence-electron chi connectivity index (χ1n) is 9.60. The largest absolute Gasteiger partial charge is 0.353 e. The summed E-state index contributed by atoms with van der Waals surface area (Å²) in [5.41, 5.74) is 0.593. The molecule has 4 heterocycles. The van der Waals surface area contributed by atoms with E-state index in [1.54, 1.807) is 16.0 Å². The van der Waals surface area contributed by atoms with E-state index in [-0.39, 0.29) is 5.91 Å². The maximum absolute atomic E-state index is 12.6. The highest BCUT2D eigenvalue weighted by molar-refractivity contribution is 5.94. The van der Waals surface area contributed by atoms with Gasteiger partial charge in [-0.25, -0.2) is 9.97 Å². The number of aromatic nitrogens is 2. The Morgan fingerprint density at radius 2 is 1.50 bits per heavy atom. The average Bonchev–Trinajstić information content (AvgIpc) is 2.79. The zero-order valence-corrected chi connectivity index (χ0v) is 15.8. The molecule has 0 saturated carbocycles. The molecule has 2 aliphatic heterocycles. The van der Waals surface area contributed by atoms with Gasteiger partial charge < -0.3 is 19.6 Å². The third-order valence-electron chi connectivity index (χ3n) is 5.32. The summed E-state index contributed by atoms with van der Waals surface area (Å²) >= 11 is 0. The normalized spacial score (nSPS) is 17.6. The molecule has 2 amide bonds. The van der Waals surface area contributed by atoms with Crippen LogP contribution in [0.1, 0.15) is 10.4 Å². The van der Waals surface area contributed by atoms with Gasteiger partial charge >= 0.3 is 0 Å². The summed E-state index contributed by atoms with van der Waals surface area (Å²) in [4.78, 5) is 40.3. The van der Waals surface area contributed by atoms with Crippen LogP contribution in [0.25, 0.3) is 0 Å². The van der Waals surface area contributed by atoms with Gasteiger partial charge in [0.15, 0.2) is 0 Å². The smallest absolute Gasteiger partial charge is 0.255 e. The van der Waals surface area contributed by atoms with Crippen LogP contribution in [0.5, 0.6) is 0 Å². The Bertz CT molecular complexity index is 797. The summed E-state index contributed by atoms with van der Waals surface area (Å²) in [6, 6.07) is 9.73. The van der Waals surface area contributed by atoms with Crippen molar-refractivity contribution in [2.45, 2.75) is 0 Å². The van der Waals surface area contributed by atoms with Gasteiger partial charge in [-0.3, -0.25) is 9.59 Å². The Hall–Kier alpha value is -3.16. The fourth-order valence-corrected chi connectivity index (χ4v) is 3.62. The molecule has 4 rings (SSSR count). The van der Waals surface area contributed by atoms with Gasteiger partial charge in [0, 0.05) is 64.8 Å². The summed E-state index contributed by atoms with van der Waals surface area (Å²) < 4.78 is 0. The average molecular weight is 380 g/mol. The number of carbonyl (C=O) groups is 2. The zero-order chi connectivity index (χ0) is 19.3. The van der Waals surface area contributed by atoms with E-state index in [1.807, 2.05) is 36.5 Å². The summed E-state index contributed by atoms with van der Waals surface area (Å²) in [5, 5.41) is 0. The minimum absolute atomic E-state index is 0.0235. The minimum Gasteiger partial charge on any atom is -0.353 e. The molecule has 28 heavy (non-hydrogen) atoms. The van der Waals surface area contributed by atoms with Gasteiger partial charge in [0.1, 0.15) is 11.6 Å². The Morgan fingerprint density at radius 3 is 2.04 bits per heavy atom. The first kappa shape index (κ1) is 18.2. The lowest BCUT2D eigenvalue weighted by molar-refractivity contribution is -0.119. The predicted molar refractivity (Wildman–Crippen MR) is 106 cm³/mol. The first-order valence-corrected chi connectivity index (χ1v) is 9.60. The predicted octanol–water partition coefficient (Wildman–Crippen LogP) is 0.717. The molecule has 2 saturated heterocycles. The molecular formula is C20H24N6O2. The quantitative estimate of drug-likeness (QED) is 0.728. The van der Waals surface area contributed by atoms with Crippen LogP contribution in [-0.2, 0) is 4.79 Å². The molecule has 2 aliphatic rings. The van der Waals surface area contributed by atoms with Crippen LogP contribution >= 0.6 is 0 Å². The topological polar surface area (TPSA) is 72.9 Å². The van der Waals surface area contributed by atoms with Crippen LogP contribution < -0.4 is 9.80 Å². The number of nitrogens with zero attached hydrogens (tertiary/aromatic N) is 6. The molecule has 2 aromatic heterocycles. The number of hydrogen-bond donors (Lipinski definition) is 0. The third-order valence-corrected chi connectivity index (χ3v) is 5.32. The second kappa shape index (κ2) is 8.24. The number of pyridine rings is 2. The van der Waals surface area contributed by atoms with Crippen LogP contribution in [-0.4, -0.2) is 84.4 Å². The second-order valence-electron chi connectivity index (χ2n) is 7.00. The molecule has 0 atom stereocenters. The van der Waals surface area contributed by atoms with E-state index in [4.69, 9.17) is 0 Å². The van der Waals surface area contributed by atoms with E-state index in [0.29, 0.717) is 31.7 Å². The number of rotatable bonds is 4. The van der Waals surface area contributed by atoms with Gasteiger partial charge in [-0.05, 0) is 24.3 Å². The van der Waals surface area contributed by atoms with Crippen molar-refractivity contribution in [3.63, 3.8) is 0 Å². The fourth-order valence-electron chi connectivity index (χ4n) is 3.62. The van der Waals surface area contributed by atoms with E-state index in [1.165, 1.54) is 0 Å². The Morgan fingerprint density at radius 1 is 0.821 bits per heavy atom. The van der Waals surface area contributed by atoms with Crippen molar-refractivity contribution in [3.05, 3.63) is 48.3 Å². The molecule has 0 bridgehead atoms. The van der Waals surface area contributed by atoms with Gasteiger partial charge in [-0.2, -0.15) is 0 Å². The molecule has 0 aromatic carbocycles. The summed E-state index contributed by atoms with van der Waals surface area (Å²) in [6.45, 7) is 5.81. The van der Waals surface area contributed by atoms with E-state index in [2.05, 4.69) is 19.8 Å². The first-order chi connectivity index (χ1) is 13.7. The summed E-state index contributed by atoms with van der Waals surface area (Å²) in [5.74, 6) is 1.87. The number of anilines is 2. The van der Waals surface area contributed by atoms with Crippen LogP contribution in [0.4, 0.5) is 11.6 Å². The zero-order valence-electron chi connectivity index (χ0n) is 15.8. The van der Waals surface area contributed by atoms with Gasteiger partial charge in [0.2, 0.25) is 6.41 Å². The molecular weight excluding hydrogens is 356 g/mol. The van der Waals surface area contributed by atoms with Crippen molar-refractivity contribution in [1.82, 2.24) is 19.8 Å². The van der Waals surface area contributed by atoms with Gasteiger partial charge in [0.25, 0.3) is 5.91 Å². The molecule has 2 fully saturated rings. The van der Waals surface area contributed by atoms with E-state index < -0.39 is 0 Å². The van der Waals surface area contributed by atoms with Crippen molar-refractivity contribution in [3.8, 4) is 0 Å². The highest BCUT2D eigenvalue weighted by Crippen LogP contribution is 2.18. The van der Waals surface area contributed by atoms with Crippen LogP contribution in [0.3, 0.4) is 0 Å². The fraction of sp³-hybridized carbons (Fsp3) is 0.400. The number of piperazine rings is 2. The molecule has 0 spiro atoms. The molecule has 0 N–H and O–H groups in total. The molecule has 2 aromatic rings. The lowest BCUT2D eigenvalue weighted by Gasteiger charge is -2.36. The van der Waals surface area contributed by atoms with Crippen LogP contribution in [0.2, 0.25) is 0 Å². The maximum atomic E-state index is 12.6. The van der Waals surface area contributed by atoms with Gasteiger partial charge in [-0.1, -0.05) is 6.07 Å². The SMILES string of the molecule is O=CN1CCN(C(=O)c2ccc(N3CCN(c4ccccn4)CC3)nc2)CC1. The van der Waals surface area contributed by atoms with E-state index in [0.717, 1.165) is 44.2 Å². The number of amides is 2. The van der Waals surface area contributed by atoms with Crippen LogP contribution in [0, 0.1) is 0 Å². The number of hydrogen-bond acceptors (Lipinski definition) is 6. The lowest BCUT2D eigenvalue weighted by atomic mass is 10.2. The molecule has 8 heteroatoms. The molecule has 0 aliphatic carbocycles. The Labute approximate surface area is 164 Å². The molecule has 146 valence electrons. The monoisotopic (exact) mass is 380 g/mol. The molecule has 0 radical (unpaired) electrons. The van der Waals surface area contributed by atoms with E-state index >= 15 is 0 Å². The van der Waals surface area contributed by atoms with Crippen molar-refractivity contribution in [2.24, 2.45) is 0 Å². The minimum atomic E-state index is -0.0235. The van der Waals surface area contributed by atoms with Crippen LogP contribution in [0.15, 0.2) is 42.7 Å². The van der Waals surface area contributed by atoms with Crippen molar-refractivity contribution in [2.75, 3.05) is 62.2 Å². The highest BCUT2D eigenvalue weighted by atomic mass is 16.2. The Kier molecular flexibility index (Phi) is 5.36. The lowest BCUT2D eigenvalue weighted by Crippen LogP contribution is -2.48. The second-order valence-corrected chi connectivity index (χ2v) is 7.00. The summed E-state index contributed by atoms with van der Waals surface area (Å²) in [6.07, 6.45) is 4.32. The third kappa shape index (κ3) is 3.90. The van der Waals surface area contributed by atoms with E-state index in [9.17, 15) is 9.59 Å². The Balaban J connectivity index is 1.34. The van der Waals surface area contributed by atoms with Crippen molar-refractivity contribution >= 4 is 24.0 Å². The molecule has 0 unspecified atom stereocenters. The van der Waals surface area contributed by atoms with Crippen molar-refractivity contribution in [1.29, 1.82) is 0 Å².